The molecule has 2 heteroatoms. The number of fused-ring (bicyclic) bond motifs is 1. The average Bonchev–Trinajstić information content (AvgIpc) is 2.83. The van der Waals surface area contributed by atoms with Gasteiger partial charge < -0.3 is 9.52 Å². The van der Waals surface area contributed by atoms with Crippen LogP contribution in [-0.2, 0) is 6.61 Å². The molecule has 0 aliphatic carbocycles. The normalized spacial score (nSPS) is 10.9. The number of hydrogen-bond acceptors (Lipinski definition) is 2. The van der Waals surface area contributed by atoms with Gasteiger partial charge in [0.25, 0.3) is 0 Å². The van der Waals surface area contributed by atoms with Gasteiger partial charge in [-0.25, -0.2) is 0 Å². The van der Waals surface area contributed by atoms with Gasteiger partial charge in [0, 0.05) is 16.5 Å². The quantitative estimate of drug-likeness (QED) is 0.721. The number of aliphatic hydroxyl groups is 1. The van der Waals surface area contributed by atoms with E-state index < -0.39 is 0 Å². The van der Waals surface area contributed by atoms with Crippen molar-refractivity contribution < 1.29 is 9.52 Å². The second-order valence-electron chi connectivity index (χ2n) is 3.97. The molecule has 1 aromatic heterocycles. The Labute approximate surface area is 99.1 Å². The van der Waals surface area contributed by atoms with Crippen LogP contribution < -0.4 is 0 Å². The van der Waals surface area contributed by atoms with Crippen LogP contribution in [0, 0.1) is 0 Å². The van der Waals surface area contributed by atoms with Crippen molar-refractivity contribution in [3.05, 3.63) is 60.4 Å². The summed E-state index contributed by atoms with van der Waals surface area (Å²) in [6.45, 7) is -0.000910. The average molecular weight is 224 g/mol. The monoisotopic (exact) mass is 224 g/mol. The zero-order chi connectivity index (χ0) is 11.7. The lowest BCUT2D eigenvalue weighted by Gasteiger charge is -1.99. The van der Waals surface area contributed by atoms with Crippen molar-refractivity contribution in [2.75, 3.05) is 0 Å². The van der Waals surface area contributed by atoms with Gasteiger partial charge in [-0.15, -0.1) is 0 Å². The van der Waals surface area contributed by atoms with Crippen molar-refractivity contribution in [2.45, 2.75) is 6.61 Å². The summed E-state index contributed by atoms with van der Waals surface area (Å²) in [6, 6.07) is 15.9. The number of aliphatic hydroxyl groups excluding tert-OH is 1. The predicted molar refractivity (Wildman–Crippen MR) is 67.6 cm³/mol. The van der Waals surface area contributed by atoms with Gasteiger partial charge in [-0.2, -0.15) is 0 Å². The van der Waals surface area contributed by atoms with E-state index in [0.717, 1.165) is 27.7 Å². The minimum Gasteiger partial charge on any atom is -0.463 e. The highest BCUT2D eigenvalue weighted by Gasteiger charge is 2.10. The van der Waals surface area contributed by atoms with E-state index in [1.807, 2.05) is 36.4 Å². The number of para-hydroxylation sites is 1. The first-order chi connectivity index (χ1) is 8.40. The Balaban J connectivity index is 2.26. The van der Waals surface area contributed by atoms with Crippen LogP contribution in [0.1, 0.15) is 5.56 Å². The van der Waals surface area contributed by atoms with Crippen molar-refractivity contribution >= 4 is 11.0 Å². The summed E-state index contributed by atoms with van der Waals surface area (Å²) < 4.78 is 5.57. The predicted octanol–water partition coefficient (Wildman–Crippen LogP) is 3.59. The fraction of sp³-hybridized carbons (Fsp3) is 0.0667. The molecule has 0 bridgehead atoms. The minimum atomic E-state index is -0.000910. The Bertz CT molecular complexity index is 638. The molecule has 2 nitrogen and oxygen atoms in total. The smallest absolute Gasteiger partial charge is 0.140 e. The molecule has 0 unspecified atom stereocenters. The van der Waals surface area contributed by atoms with Gasteiger partial charge in [0.2, 0.25) is 0 Å². The molecule has 0 radical (unpaired) electrons. The SMILES string of the molecule is OCc1cccc2c(-c3ccccc3)coc12. The number of benzene rings is 2. The highest BCUT2D eigenvalue weighted by atomic mass is 16.3. The third-order valence-corrected chi connectivity index (χ3v) is 2.94. The van der Waals surface area contributed by atoms with Gasteiger partial charge in [0.1, 0.15) is 5.58 Å². The second-order valence-corrected chi connectivity index (χ2v) is 3.97. The van der Waals surface area contributed by atoms with Crippen LogP contribution in [0.4, 0.5) is 0 Å². The third-order valence-electron chi connectivity index (χ3n) is 2.94. The Morgan fingerprint density at radius 1 is 0.941 bits per heavy atom. The van der Waals surface area contributed by atoms with Gasteiger partial charge in [-0.3, -0.25) is 0 Å². The fourth-order valence-electron chi connectivity index (χ4n) is 2.08. The zero-order valence-corrected chi connectivity index (χ0v) is 9.26. The highest BCUT2D eigenvalue weighted by Crippen LogP contribution is 2.32. The van der Waals surface area contributed by atoms with E-state index in [9.17, 15) is 5.11 Å². The van der Waals surface area contributed by atoms with Crippen LogP contribution in [0.5, 0.6) is 0 Å². The summed E-state index contributed by atoms with van der Waals surface area (Å²) in [5, 5.41) is 10.3. The van der Waals surface area contributed by atoms with Crippen LogP contribution in [-0.4, -0.2) is 5.11 Å². The van der Waals surface area contributed by atoms with Crippen molar-refractivity contribution in [3.63, 3.8) is 0 Å². The van der Waals surface area contributed by atoms with Crippen LogP contribution in [0.15, 0.2) is 59.2 Å². The largest absolute Gasteiger partial charge is 0.463 e. The molecule has 1 heterocycles. The van der Waals surface area contributed by atoms with E-state index in [1.165, 1.54) is 0 Å². The fourth-order valence-corrected chi connectivity index (χ4v) is 2.08. The van der Waals surface area contributed by atoms with Gasteiger partial charge >= 0.3 is 0 Å². The molecule has 0 aliphatic rings. The van der Waals surface area contributed by atoms with E-state index in [1.54, 1.807) is 6.26 Å². The molecule has 0 saturated carbocycles. The summed E-state index contributed by atoms with van der Waals surface area (Å²) >= 11 is 0. The molecule has 2 aromatic carbocycles. The molecule has 1 N–H and O–H groups in total. The molecule has 0 aliphatic heterocycles. The summed E-state index contributed by atoms with van der Waals surface area (Å²) in [4.78, 5) is 0. The van der Waals surface area contributed by atoms with E-state index in [2.05, 4.69) is 12.1 Å². The maximum Gasteiger partial charge on any atom is 0.140 e. The van der Waals surface area contributed by atoms with Crippen molar-refractivity contribution in [2.24, 2.45) is 0 Å². The Hall–Kier alpha value is -2.06. The van der Waals surface area contributed by atoms with Crippen LogP contribution >= 0.6 is 0 Å². The van der Waals surface area contributed by atoms with Gasteiger partial charge in [-0.1, -0.05) is 48.5 Å². The van der Waals surface area contributed by atoms with E-state index >= 15 is 0 Å². The molecular formula is C15H12O2. The van der Waals surface area contributed by atoms with Crippen molar-refractivity contribution in [1.82, 2.24) is 0 Å². The number of hydrogen-bond donors (Lipinski definition) is 1. The summed E-state index contributed by atoms with van der Waals surface area (Å²) in [5.41, 5.74) is 3.79. The lowest BCUT2D eigenvalue weighted by molar-refractivity contribution is 0.281. The minimum absolute atomic E-state index is 0.000910. The van der Waals surface area contributed by atoms with Crippen molar-refractivity contribution in [3.8, 4) is 11.1 Å². The molecule has 0 saturated heterocycles. The summed E-state index contributed by atoms with van der Waals surface area (Å²) in [6.07, 6.45) is 1.75. The molecule has 3 aromatic rings. The molecule has 3 rings (SSSR count). The maximum absolute atomic E-state index is 9.26. The molecular weight excluding hydrogens is 212 g/mol. The molecule has 0 atom stereocenters. The Morgan fingerprint density at radius 2 is 1.76 bits per heavy atom. The number of furan rings is 1. The first-order valence-corrected chi connectivity index (χ1v) is 5.55. The first kappa shape index (κ1) is 10.1. The molecule has 84 valence electrons. The maximum atomic E-state index is 9.26. The molecule has 0 fully saturated rings. The number of rotatable bonds is 2. The lowest BCUT2D eigenvalue weighted by atomic mass is 10.0. The summed E-state index contributed by atoms with van der Waals surface area (Å²) in [5.74, 6) is 0. The second kappa shape index (κ2) is 4.07. The Morgan fingerprint density at radius 3 is 2.53 bits per heavy atom. The van der Waals surface area contributed by atoms with Crippen LogP contribution in [0.25, 0.3) is 22.1 Å². The lowest BCUT2D eigenvalue weighted by Crippen LogP contribution is -1.82. The van der Waals surface area contributed by atoms with E-state index in [4.69, 9.17) is 4.42 Å². The standard InChI is InChI=1S/C15H12O2/c16-9-12-7-4-8-13-14(10-17-15(12)13)11-5-2-1-3-6-11/h1-8,10,16H,9H2. The van der Waals surface area contributed by atoms with Crippen molar-refractivity contribution in [1.29, 1.82) is 0 Å². The molecule has 17 heavy (non-hydrogen) atoms. The third kappa shape index (κ3) is 1.63. The van der Waals surface area contributed by atoms with Gasteiger partial charge in [-0.05, 0) is 5.56 Å². The summed E-state index contributed by atoms with van der Waals surface area (Å²) in [7, 11) is 0. The van der Waals surface area contributed by atoms with Gasteiger partial charge in [0.05, 0.1) is 12.9 Å². The molecule has 0 spiro atoms. The van der Waals surface area contributed by atoms with E-state index in [0.29, 0.717) is 0 Å². The highest BCUT2D eigenvalue weighted by molar-refractivity contribution is 5.95. The van der Waals surface area contributed by atoms with Crippen LogP contribution in [0.2, 0.25) is 0 Å². The molecule has 0 amide bonds. The van der Waals surface area contributed by atoms with E-state index in [-0.39, 0.29) is 6.61 Å². The topological polar surface area (TPSA) is 33.4 Å². The van der Waals surface area contributed by atoms with Gasteiger partial charge in [0.15, 0.2) is 0 Å². The first-order valence-electron chi connectivity index (χ1n) is 5.55. The Kier molecular flexibility index (Phi) is 2.42. The zero-order valence-electron chi connectivity index (χ0n) is 9.26. The van der Waals surface area contributed by atoms with Crippen LogP contribution in [0.3, 0.4) is 0 Å².